The molecule has 1 N–H and O–H groups in total. The molecule has 0 aliphatic rings. The third-order valence-corrected chi connectivity index (χ3v) is 3.82. The maximum atomic E-state index is 12.8. The maximum Gasteiger partial charge on any atom is 0.430 e. The van der Waals surface area contributed by atoms with Crippen molar-refractivity contribution in [2.75, 3.05) is 11.9 Å². The number of nitrogens with zero attached hydrogens (tertiary/aromatic N) is 1. The number of alkyl halides is 6. The van der Waals surface area contributed by atoms with E-state index < -0.39 is 29.4 Å². The number of aliphatic hydroxyl groups is 1. The van der Waals surface area contributed by atoms with Gasteiger partial charge in [0.2, 0.25) is 0 Å². The quantitative estimate of drug-likeness (QED) is 0.812. The first-order chi connectivity index (χ1) is 11.9. The van der Waals surface area contributed by atoms with Crippen LogP contribution < -0.4 is 4.90 Å². The molecule has 0 heterocycles. The molecule has 9 heteroatoms. The Balaban J connectivity index is 2.37. The van der Waals surface area contributed by atoms with Gasteiger partial charge in [0.05, 0.1) is 0 Å². The normalized spacial score (nSPS) is 12.8. The van der Waals surface area contributed by atoms with Gasteiger partial charge in [0.25, 0.3) is 11.5 Å². The van der Waals surface area contributed by atoms with Crippen molar-refractivity contribution in [2.45, 2.75) is 18.0 Å². The lowest BCUT2D eigenvalue weighted by Crippen LogP contribution is -2.53. The SMILES string of the molecule is CN(C(=O)c1ccc(C(O)(C(F)(F)F)C(F)(F)F)cc1)c1ccccc1. The third kappa shape index (κ3) is 3.39. The number of anilines is 1. The van der Waals surface area contributed by atoms with Crippen LogP contribution in [-0.2, 0) is 5.60 Å². The maximum absolute atomic E-state index is 12.8. The van der Waals surface area contributed by atoms with Crippen LogP contribution in [-0.4, -0.2) is 30.4 Å². The number of para-hydroxylation sites is 1. The van der Waals surface area contributed by atoms with E-state index in [4.69, 9.17) is 0 Å². The molecular formula is C17H13F6NO2. The Labute approximate surface area is 144 Å². The standard InChI is InChI=1S/C17H13F6NO2/c1-24(13-5-3-2-4-6-13)14(25)11-7-9-12(10-8-11)15(26,16(18,19)20)17(21,22)23/h2-10,26H,1H3. The lowest BCUT2D eigenvalue weighted by molar-refractivity contribution is -0.376. The van der Waals surface area contributed by atoms with Crippen LogP contribution in [0.4, 0.5) is 32.0 Å². The molecule has 1 amide bonds. The molecule has 0 fully saturated rings. The van der Waals surface area contributed by atoms with Gasteiger partial charge in [-0.3, -0.25) is 4.79 Å². The van der Waals surface area contributed by atoms with Crippen molar-refractivity contribution in [3.05, 3.63) is 65.7 Å². The van der Waals surface area contributed by atoms with Gasteiger partial charge < -0.3 is 10.0 Å². The molecule has 0 atom stereocenters. The van der Waals surface area contributed by atoms with Crippen molar-refractivity contribution in [3.63, 3.8) is 0 Å². The van der Waals surface area contributed by atoms with Crippen molar-refractivity contribution < 1.29 is 36.2 Å². The Kier molecular flexibility index (Phi) is 5.05. The van der Waals surface area contributed by atoms with Gasteiger partial charge in [0.1, 0.15) is 0 Å². The number of hydrogen-bond acceptors (Lipinski definition) is 2. The highest BCUT2D eigenvalue weighted by atomic mass is 19.4. The average molecular weight is 377 g/mol. The molecule has 26 heavy (non-hydrogen) atoms. The minimum Gasteiger partial charge on any atom is -0.369 e. The van der Waals surface area contributed by atoms with E-state index in [-0.39, 0.29) is 5.56 Å². The Morgan fingerprint density at radius 3 is 1.73 bits per heavy atom. The number of halogens is 6. The van der Waals surface area contributed by atoms with Crippen LogP contribution in [0.5, 0.6) is 0 Å². The molecule has 0 unspecified atom stereocenters. The predicted octanol–water partition coefficient (Wildman–Crippen LogP) is 4.28. The van der Waals surface area contributed by atoms with Crippen molar-refractivity contribution in [1.29, 1.82) is 0 Å². The molecule has 2 aromatic rings. The van der Waals surface area contributed by atoms with Gasteiger partial charge in [-0.1, -0.05) is 30.3 Å². The summed E-state index contributed by atoms with van der Waals surface area (Å²) in [6, 6.07) is 10.7. The zero-order valence-electron chi connectivity index (χ0n) is 13.3. The van der Waals surface area contributed by atoms with E-state index in [0.29, 0.717) is 17.8 Å². The number of benzene rings is 2. The van der Waals surface area contributed by atoms with E-state index in [0.717, 1.165) is 12.1 Å². The number of carbonyl (C=O) groups excluding carboxylic acids is 1. The van der Waals surface area contributed by atoms with Crippen molar-refractivity contribution in [3.8, 4) is 0 Å². The highest BCUT2D eigenvalue weighted by molar-refractivity contribution is 6.05. The summed E-state index contributed by atoms with van der Waals surface area (Å²) in [5.74, 6) is -0.634. The lowest BCUT2D eigenvalue weighted by atomic mass is 9.91. The second kappa shape index (κ2) is 6.64. The molecule has 0 saturated heterocycles. The highest BCUT2D eigenvalue weighted by Crippen LogP contribution is 2.49. The summed E-state index contributed by atoms with van der Waals surface area (Å²) in [5, 5.41) is 9.33. The van der Waals surface area contributed by atoms with Gasteiger partial charge in [-0.2, -0.15) is 26.3 Å². The number of hydrogen-bond donors (Lipinski definition) is 1. The zero-order valence-corrected chi connectivity index (χ0v) is 13.3. The van der Waals surface area contributed by atoms with Crippen LogP contribution in [0.2, 0.25) is 0 Å². The molecule has 2 rings (SSSR count). The summed E-state index contributed by atoms with van der Waals surface area (Å²) >= 11 is 0. The van der Waals surface area contributed by atoms with Gasteiger partial charge >= 0.3 is 12.4 Å². The molecule has 0 spiro atoms. The zero-order chi connectivity index (χ0) is 19.8. The van der Waals surface area contributed by atoms with Gasteiger partial charge in [-0.05, 0) is 24.3 Å². The van der Waals surface area contributed by atoms with E-state index in [1.807, 2.05) is 0 Å². The Morgan fingerprint density at radius 2 is 1.31 bits per heavy atom. The van der Waals surface area contributed by atoms with Crippen LogP contribution in [0.1, 0.15) is 15.9 Å². The van der Waals surface area contributed by atoms with Crippen LogP contribution in [0.25, 0.3) is 0 Å². The van der Waals surface area contributed by atoms with Gasteiger partial charge in [0.15, 0.2) is 0 Å². The summed E-state index contributed by atoms with van der Waals surface area (Å²) < 4.78 is 77.1. The Bertz CT molecular complexity index is 755. The highest BCUT2D eigenvalue weighted by Gasteiger charge is 2.71. The largest absolute Gasteiger partial charge is 0.430 e. The van der Waals surface area contributed by atoms with Crippen LogP contribution in [0.15, 0.2) is 54.6 Å². The second-order valence-corrected chi connectivity index (χ2v) is 5.48. The molecule has 2 aromatic carbocycles. The first-order valence-corrected chi connectivity index (χ1v) is 7.19. The van der Waals surface area contributed by atoms with E-state index in [9.17, 15) is 36.2 Å². The molecule has 0 aliphatic heterocycles. The average Bonchev–Trinajstić information content (AvgIpc) is 2.58. The minimum atomic E-state index is -5.97. The summed E-state index contributed by atoms with van der Waals surface area (Å²) in [6.07, 6.45) is -11.9. The van der Waals surface area contributed by atoms with E-state index in [1.165, 1.54) is 11.9 Å². The topological polar surface area (TPSA) is 40.5 Å². The lowest BCUT2D eigenvalue weighted by Gasteiger charge is -2.32. The molecule has 3 nitrogen and oxygen atoms in total. The van der Waals surface area contributed by atoms with Gasteiger partial charge in [0, 0.05) is 23.9 Å². The van der Waals surface area contributed by atoms with E-state index in [1.54, 1.807) is 30.3 Å². The van der Waals surface area contributed by atoms with Gasteiger partial charge in [-0.15, -0.1) is 0 Å². The smallest absolute Gasteiger partial charge is 0.369 e. The van der Waals surface area contributed by atoms with E-state index in [2.05, 4.69) is 0 Å². The molecule has 0 aromatic heterocycles. The molecular weight excluding hydrogens is 364 g/mol. The minimum absolute atomic E-state index is 0.133. The van der Waals surface area contributed by atoms with Crippen molar-refractivity contribution in [2.24, 2.45) is 0 Å². The summed E-state index contributed by atoms with van der Waals surface area (Å²) in [6.45, 7) is 0. The summed E-state index contributed by atoms with van der Waals surface area (Å²) in [5.41, 5.74) is -6.08. The summed E-state index contributed by atoms with van der Waals surface area (Å²) in [7, 11) is 1.41. The molecule has 0 bridgehead atoms. The Hall–Kier alpha value is -2.55. The first kappa shape index (κ1) is 19.8. The molecule has 0 aliphatic carbocycles. The van der Waals surface area contributed by atoms with Crippen molar-refractivity contribution >= 4 is 11.6 Å². The third-order valence-electron chi connectivity index (χ3n) is 3.82. The molecule has 0 saturated carbocycles. The second-order valence-electron chi connectivity index (χ2n) is 5.48. The Morgan fingerprint density at radius 1 is 0.846 bits per heavy atom. The predicted molar refractivity (Wildman–Crippen MR) is 81.6 cm³/mol. The first-order valence-electron chi connectivity index (χ1n) is 7.19. The van der Waals surface area contributed by atoms with Crippen molar-refractivity contribution in [1.82, 2.24) is 0 Å². The van der Waals surface area contributed by atoms with Gasteiger partial charge in [-0.25, -0.2) is 0 Å². The van der Waals surface area contributed by atoms with Crippen LogP contribution in [0.3, 0.4) is 0 Å². The molecule has 140 valence electrons. The fraction of sp³-hybridized carbons (Fsp3) is 0.235. The number of carbonyl (C=O) groups is 1. The van der Waals surface area contributed by atoms with Crippen LogP contribution in [0, 0.1) is 0 Å². The number of amides is 1. The van der Waals surface area contributed by atoms with E-state index >= 15 is 0 Å². The summed E-state index contributed by atoms with van der Waals surface area (Å²) in [4.78, 5) is 13.5. The number of rotatable bonds is 3. The molecule has 0 radical (unpaired) electrons. The monoisotopic (exact) mass is 377 g/mol. The van der Waals surface area contributed by atoms with Crippen LogP contribution >= 0.6 is 0 Å². The fourth-order valence-electron chi connectivity index (χ4n) is 2.30. The fourth-order valence-corrected chi connectivity index (χ4v) is 2.30.